The van der Waals surface area contributed by atoms with Gasteiger partial charge in [-0.1, -0.05) is 18.2 Å². The molecule has 2 aliphatic carbocycles. The fourth-order valence-corrected chi connectivity index (χ4v) is 5.51. The number of carbonyl (C=O) groups excluding carboxylic acids is 1. The molecule has 2 atom stereocenters. The first kappa shape index (κ1) is 18.9. The molecule has 1 aromatic carbocycles. The molecule has 1 saturated carbocycles. The molecule has 0 bridgehead atoms. The summed E-state index contributed by atoms with van der Waals surface area (Å²) in [5, 5.41) is 1.35. The third kappa shape index (κ3) is 3.21. The van der Waals surface area contributed by atoms with Crippen molar-refractivity contribution in [2.45, 2.75) is 50.4 Å². The van der Waals surface area contributed by atoms with Gasteiger partial charge in [0.05, 0.1) is 12.0 Å². The number of aromatic nitrogens is 1. The van der Waals surface area contributed by atoms with Crippen molar-refractivity contribution in [1.29, 1.82) is 0 Å². The highest BCUT2D eigenvalue weighted by atomic mass is 16.5. The number of nitrogens with zero attached hydrogens (tertiary/aromatic N) is 2. The van der Waals surface area contributed by atoms with E-state index in [9.17, 15) is 4.79 Å². The molecule has 2 heterocycles. The molecule has 0 N–H and O–H groups in total. The van der Waals surface area contributed by atoms with Crippen LogP contribution in [0.3, 0.4) is 0 Å². The van der Waals surface area contributed by atoms with Crippen LogP contribution in [0.5, 0.6) is 0 Å². The quantitative estimate of drug-likeness (QED) is 0.747. The monoisotopic (exact) mass is 394 g/mol. The molecule has 0 unspecified atom stereocenters. The first-order chi connectivity index (χ1) is 14.0. The summed E-state index contributed by atoms with van der Waals surface area (Å²) in [6.45, 7) is 0.721. The molecule has 3 aliphatic rings. The normalized spacial score (nSPS) is 29.4. The molecule has 1 aromatic heterocycles. The number of benzene rings is 1. The van der Waals surface area contributed by atoms with E-state index >= 15 is 0 Å². The Balaban J connectivity index is 1.41. The fourth-order valence-electron chi connectivity index (χ4n) is 5.51. The summed E-state index contributed by atoms with van der Waals surface area (Å²) in [6.07, 6.45) is 9.55. The molecule has 0 spiro atoms. The lowest BCUT2D eigenvalue weighted by Crippen LogP contribution is -2.45. The molecule has 2 aromatic rings. The average Bonchev–Trinajstić information content (AvgIpc) is 3.06. The second-order valence-electron chi connectivity index (χ2n) is 8.92. The van der Waals surface area contributed by atoms with Crippen LogP contribution < -0.4 is 0 Å². The lowest BCUT2D eigenvalue weighted by Gasteiger charge is -2.39. The van der Waals surface area contributed by atoms with E-state index in [0.29, 0.717) is 12.1 Å². The molecule has 5 heteroatoms. The van der Waals surface area contributed by atoms with Crippen molar-refractivity contribution >= 4 is 22.4 Å². The van der Waals surface area contributed by atoms with Crippen LogP contribution in [0, 0.1) is 5.92 Å². The van der Waals surface area contributed by atoms with Crippen molar-refractivity contribution in [2.24, 2.45) is 13.0 Å². The molecule has 0 radical (unpaired) electrons. The zero-order valence-corrected chi connectivity index (χ0v) is 17.6. The molecule has 1 fully saturated rings. The predicted molar refractivity (Wildman–Crippen MR) is 114 cm³/mol. The SMILES string of the molecule is COC1CCC(OC(=O)[C@@H]2C=C3c4cccc5c4c(cn5C)C[C@H]3N(C)C2)CC1. The number of aryl methyl sites for hydroxylation is 1. The van der Waals surface area contributed by atoms with Crippen LogP contribution in [0.15, 0.2) is 30.5 Å². The minimum Gasteiger partial charge on any atom is -0.462 e. The molecular weight excluding hydrogens is 364 g/mol. The Morgan fingerprint density at radius 3 is 2.62 bits per heavy atom. The molecule has 154 valence electrons. The zero-order valence-electron chi connectivity index (χ0n) is 17.6. The van der Waals surface area contributed by atoms with Crippen LogP contribution in [0.4, 0.5) is 0 Å². The Labute approximate surface area is 172 Å². The number of carbonyl (C=O) groups is 1. The number of methoxy groups -OCH3 is 1. The standard InChI is InChI=1S/C24H30N2O3/c1-25-13-15-12-22-20(19-5-4-6-21(25)23(15)19)11-16(14-26(22)2)24(27)29-18-9-7-17(28-3)8-10-18/h4-6,11,13,16-18,22H,7-10,12,14H2,1-3H3/t16-,17?,18?,22-/m1/s1. The van der Waals surface area contributed by atoms with Crippen LogP contribution in [-0.2, 0) is 27.7 Å². The second kappa shape index (κ2) is 7.29. The minimum absolute atomic E-state index is 0.0332. The smallest absolute Gasteiger partial charge is 0.314 e. The number of fused-ring (bicyclic) bond motifs is 2. The molecular formula is C24H30N2O3. The van der Waals surface area contributed by atoms with E-state index in [-0.39, 0.29) is 18.0 Å². The predicted octanol–water partition coefficient (Wildman–Crippen LogP) is 3.55. The van der Waals surface area contributed by atoms with Gasteiger partial charge in [-0.15, -0.1) is 0 Å². The number of likely N-dealkylation sites (N-methyl/N-ethyl adjacent to an activating group) is 1. The van der Waals surface area contributed by atoms with Gasteiger partial charge in [-0.2, -0.15) is 0 Å². The van der Waals surface area contributed by atoms with Crippen molar-refractivity contribution in [2.75, 3.05) is 20.7 Å². The Hall–Kier alpha value is -2.11. The summed E-state index contributed by atoms with van der Waals surface area (Å²) in [7, 11) is 6.01. The number of ether oxygens (including phenoxy) is 2. The fraction of sp³-hybridized carbons (Fsp3) is 0.542. The zero-order chi connectivity index (χ0) is 20.1. The maximum absolute atomic E-state index is 13.0. The van der Waals surface area contributed by atoms with Gasteiger partial charge in [-0.3, -0.25) is 9.69 Å². The van der Waals surface area contributed by atoms with Gasteiger partial charge >= 0.3 is 5.97 Å². The van der Waals surface area contributed by atoms with E-state index in [4.69, 9.17) is 9.47 Å². The molecule has 29 heavy (non-hydrogen) atoms. The Bertz CT molecular complexity index is 968. The number of hydrogen-bond donors (Lipinski definition) is 0. The third-order valence-corrected chi connectivity index (χ3v) is 7.11. The van der Waals surface area contributed by atoms with Gasteiger partial charge in [0.25, 0.3) is 0 Å². The lowest BCUT2D eigenvalue weighted by molar-refractivity contribution is -0.155. The van der Waals surface area contributed by atoms with Crippen molar-refractivity contribution in [3.05, 3.63) is 41.6 Å². The first-order valence-corrected chi connectivity index (χ1v) is 10.8. The molecule has 0 amide bonds. The van der Waals surface area contributed by atoms with E-state index in [2.05, 4.69) is 54.0 Å². The van der Waals surface area contributed by atoms with Gasteiger partial charge in [0, 0.05) is 43.8 Å². The van der Waals surface area contributed by atoms with Crippen LogP contribution in [-0.4, -0.2) is 54.4 Å². The van der Waals surface area contributed by atoms with Gasteiger partial charge < -0.3 is 14.0 Å². The molecule has 0 saturated heterocycles. The van der Waals surface area contributed by atoms with E-state index < -0.39 is 0 Å². The van der Waals surface area contributed by atoms with Gasteiger partial charge in [0.15, 0.2) is 0 Å². The largest absolute Gasteiger partial charge is 0.462 e. The van der Waals surface area contributed by atoms with Crippen molar-refractivity contribution in [3.63, 3.8) is 0 Å². The van der Waals surface area contributed by atoms with Crippen molar-refractivity contribution < 1.29 is 14.3 Å². The van der Waals surface area contributed by atoms with Gasteiger partial charge in [0.2, 0.25) is 0 Å². The first-order valence-electron chi connectivity index (χ1n) is 10.8. The maximum Gasteiger partial charge on any atom is 0.314 e. The third-order valence-electron chi connectivity index (χ3n) is 7.11. The van der Waals surface area contributed by atoms with E-state index in [1.165, 1.54) is 27.6 Å². The number of rotatable bonds is 3. The highest BCUT2D eigenvalue weighted by molar-refractivity contribution is 5.99. The number of hydrogen-bond acceptors (Lipinski definition) is 4. The van der Waals surface area contributed by atoms with Crippen LogP contribution in [0.25, 0.3) is 16.5 Å². The number of esters is 1. The van der Waals surface area contributed by atoms with Gasteiger partial charge in [0.1, 0.15) is 6.10 Å². The maximum atomic E-state index is 13.0. The summed E-state index contributed by atoms with van der Waals surface area (Å²) in [6, 6.07) is 6.84. The molecule has 1 aliphatic heterocycles. The van der Waals surface area contributed by atoms with Gasteiger partial charge in [-0.05, 0) is 61.9 Å². The summed E-state index contributed by atoms with van der Waals surface area (Å²) in [4.78, 5) is 15.3. The summed E-state index contributed by atoms with van der Waals surface area (Å²) >= 11 is 0. The summed E-state index contributed by atoms with van der Waals surface area (Å²) in [5.41, 5.74) is 5.23. The van der Waals surface area contributed by atoms with E-state index in [0.717, 1.165) is 38.6 Å². The molecule has 5 rings (SSSR count). The Morgan fingerprint density at radius 2 is 1.86 bits per heavy atom. The van der Waals surface area contributed by atoms with Crippen LogP contribution in [0.2, 0.25) is 0 Å². The topological polar surface area (TPSA) is 43.7 Å². The van der Waals surface area contributed by atoms with Crippen LogP contribution >= 0.6 is 0 Å². The van der Waals surface area contributed by atoms with Crippen molar-refractivity contribution in [3.8, 4) is 0 Å². The van der Waals surface area contributed by atoms with E-state index in [1.54, 1.807) is 7.11 Å². The Morgan fingerprint density at radius 1 is 1.10 bits per heavy atom. The lowest BCUT2D eigenvalue weighted by atomic mass is 9.80. The highest BCUT2D eigenvalue weighted by Gasteiger charge is 2.37. The van der Waals surface area contributed by atoms with Crippen LogP contribution in [0.1, 0.15) is 36.8 Å². The highest BCUT2D eigenvalue weighted by Crippen LogP contribution is 2.41. The summed E-state index contributed by atoms with van der Waals surface area (Å²) < 4.78 is 13.6. The summed E-state index contributed by atoms with van der Waals surface area (Å²) in [5.74, 6) is -0.276. The minimum atomic E-state index is -0.202. The van der Waals surface area contributed by atoms with E-state index in [1.807, 2.05) is 0 Å². The molecule has 5 nitrogen and oxygen atoms in total. The average molecular weight is 395 g/mol. The van der Waals surface area contributed by atoms with Crippen molar-refractivity contribution in [1.82, 2.24) is 9.47 Å². The Kier molecular flexibility index (Phi) is 4.75. The second-order valence-corrected chi connectivity index (χ2v) is 8.92. The van der Waals surface area contributed by atoms with Gasteiger partial charge in [-0.25, -0.2) is 0 Å².